The van der Waals surface area contributed by atoms with E-state index in [0.29, 0.717) is 6.04 Å². The van der Waals surface area contributed by atoms with E-state index in [4.69, 9.17) is 4.74 Å². The van der Waals surface area contributed by atoms with Gasteiger partial charge in [0.05, 0.1) is 5.60 Å². The van der Waals surface area contributed by atoms with E-state index < -0.39 is 0 Å². The molecular formula is C18H30N4OS. The lowest BCUT2D eigenvalue weighted by atomic mass is 10.0. The van der Waals surface area contributed by atoms with Crippen molar-refractivity contribution in [1.82, 2.24) is 15.5 Å². The highest BCUT2D eigenvalue weighted by molar-refractivity contribution is 7.10. The first kappa shape index (κ1) is 17.7. The SMILES string of the molecule is CN=C(NCC(C)N1CCc2sccc2C1)NCC1(C)CCCO1. The van der Waals surface area contributed by atoms with Gasteiger partial charge in [-0.2, -0.15) is 0 Å². The minimum Gasteiger partial charge on any atom is -0.373 e. The molecule has 3 rings (SSSR count). The third-order valence-electron chi connectivity index (χ3n) is 5.18. The molecule has 1 aromatic heterocycles. The molecule has 2 aliphatic rings. The van der Waals surface area contributed by atoms with Crippen molar-refractivity contribution in [3.8, 4) is 0 Å². The highest BCUT2D eigenvalue weighted by atomic mass is 32.1. The molecule has 0 radical (unpaired) electrons. The van der Waals surface area contributed by atoms with Gasteiger partial charge in [-0.1, -0.05) is 0 Å². The van der Waals surface area contributed by atoms with Crippen molar-refractivity contribution in [3.05, 3.63) is 21.9 Å². The highest BCUT2D eigenvalue weighted by Crippen LogP contribution is 2.25. The minimum absolute atomic E-state index is 0.0501. The van der Waals surface area contributed by atoms with Gasteiger partial charge < -0.3 is 15.4 Å². The maximum atomic E-state index is 5.83. The minimum atomic E-state index is -0.0501. The van der Waals surface area contributed by atoms with Crippen LogP contribution < -0.4 is 10.6 Å². The smallest absolute Gasteiger partial charge is 0.191 e. The summed E-state index contributed by atoms with van der Waals surface area (Å²) >= 11 is 1.90. The van der Waals surface area contributed by atoms with Gasteiger partial charge in [0.15, 0.2) is 5.96 Å². The van der Waals surface area contributed by atoms with E-state index in [-0.39, 0.29) is 5.60 Å². The molecule has 0 aromatic carbocycles. The molecule has 1 saturated heterocycles. The highest BCUT2D eigenvalue weighted by Gasteiger charge is 2.29. The molecule has 1 fully saturated rings. The lowest BCUT2D eigenvalue weighted by Crippen LogP contribution is -2.49. The second-order valence-electron chi connectivity index (χ2n) is 7.15. The Hall–Kier alpha value is -1.11. The molecular weight excluding hydrogens is 320 g/mol. The van der Waals surface area contributed by atoms with Crippen LogP contribution >= 0.6 is 11.3 Å². The zero-order valence-electron chi connectivity index (χ0n) is 15.1. The predicted molar refractivity (Wildman–Crippen MR) is 101 cm³/mol. The molecule has 2 atom stereocenters. The van der Waals surface area contributed by atoms with Gasteiger partial charge in [-0.3, -0.25) is 9.89 Å². The second kappa shape index (κ2) is 7.85. The topological polar surface area (TPSA) is 48.9 Å². The van der Waals surface area contributed by atoms with Crippen molar-refractivity contribution in [2.24, 2.45) is 4.99 Å². The molecule has 24 heavy (non-hydrogen) atoms. The Labute approximate surface area is 149 Å². The Morgan fingerprint density at radius 1 is 1.50 bits per heavy atom. The van der Waals surface area contributed by atoms with Gasteiger partial charge in [0.1, 0.15) is 0 Å². The van der Waals surface area contributed by atoms with Crippen LogP contribution in [0.25, 0.3) is 0 Å². The zero-order chi connectivity index (χ0) is 17.0. The molecule has 6 heteroatoms. The van der Waals surface area contributed by atoms with Crippen molar-refractivity contribution in [3.63, 3.8) is 0 Å². The average molecular weight is 351 g/mol. The van der Waals surface area contributed by atoms with E-state index in [0.717, 1.165) is 51.6 Å². The van der Waals surface area contributed by atoms with Gasteiger partial charge in [-0.05, 0) is 50.1 Å². The Bertz CT molecular complexity index is 565. The number of nitrogens with zero attached hydrogens (tertiary/aromatic N) is 2. The molecule has 0 spiro atoms. The van der Waals surface area contributed by atoms with Gasteiger partial charge in [-0.25, -0.2) is 0 Å². The van der Waals surface area contributed by atoms with Crippen LogP contribution in [-0.2, 0) is 17.7 Å². The first-order chi connectivity index (χ1) is 11.6. The molecule has 134 valence electrons. The number of nitrogens with one attached hydrogen (secondary N) is 2. The van der Waals surface area contributed by atoms with Crippen LogP contribution in [0.4, 0.5) is 0 Å². The third-order valence-corrected chi connectivity index (χ3v) is 6.20. The standard InChI is InChI=1S/C18H30N4OS/c1-14(22-8-5-16-15(12-22)6-10-24-16)11-20-17(19-3)21-13-18(2)7-4-9-23-18/h6,10,14H,4-5,7-9,11-13H2,1-3H3,(H2,19,20,21). The monoisotopic (exact) mass is 350 g/mol. The number of hydrogen-bond donors (Lipinski definition) is 2. The van der Waals surface area contributed by atoms with Crippen molar-refractivity contribution < 1.29 is 4.74 Å². The summed E-state index contributed by atoms with van der Waals surface area (Å²) in [4.78, 5) is 8.46. The number of rotatable bonds is 5. The summed E-state index contributed by atoms with van der Waals surface area (Å²) in [5, 5.41) is 9.11. The van der Waals surface area contributed by atoms with E-state index >= 15 is 0 Å². The Morgan fingerprint density at radius 2 is 2.38 bits per heavy atom. The summed E-state index contributed by atoms with van der Waals surface area (Å²) < 4.78 is 5.83. The van der Waals surface area contributed by atoms with Gasteiger partial charge in [0.2, 0.25) is 0 Å². The Morgan fingerprint density at radius 3 is 3.12 bits per heavy atom. The average Bonchev–Trinajstić information content (AvgIpc) is 3.23. The van der Waals surface area contributed by atoms with Crippen molar-refractivity contribution in [1.29, 1.82) is 0 Å². The quantitative estimate of drug-likeness (QED) is 0.632. The van der Waals surface area contributed by atoms with Crippen LogP contribution in [0, 0.1) is 0 Å². The van der Waals surface area contributed by atoms with Crippen LogP contribution in [0.15, 0.2) is 16.4 Å². The van der Waals surface area contributed by atoms with Crippen molar-refractivity contribution >= 4 is 17.3 Å². The molecule has 0 aliphatic carbocycles. The number of ether oxygens (including phenoxy) is 1. The van der Waals surface area contributed by atoms with Crippen LogP contribution in [0.2, 0.25) is 0 Å². The number of hydrogen-bond acceptors (Lipinski definition) is 4. The van der Waals surface area contributed by atoms with Gasteiger partial charge in [-0.15, -0.1) is 11.3 Å². The fraction of sp³-hybridized carbons (Fsp3) is 0.722. The van der Waals surface area contributed by atoms with E-state index in [1.165, 1.54) is 12.0 Å². The Balaban J connectivity index is 1.44. The molecule has 2 unspecified atom stereocenters. The third kappa shape index (κ3) is 4.29. The normalized spacial score (nSPS) is 26.2. The predicted octanol–water partition coefficient (Wildman–Crippen LogP) is 2.23. The second-order valence-corrected chi connectivity index (χ2v) is 8.15. The molecule has 1 aromatic rings. The maximum absolute atomic E-state index is 5.83. The fourth-order valence-corrected chi connectivity index (χ4v) is 4.38. The summed E-state index contributed by atoms with van der Waals surface area (Å²) in [6, 6.07) is 2.75. The van der Waals surface area contributed by atoms with Gasteiger partial charge >= 0.3 is 0 Å². The van der Waals surface area contributed by atoms with Crippen LogP contribution in [-0.4, -0.2) is 55.8 Å². The molecule has 0 saturated carbocycles. The van der Waals surface area contributed by atoms with E-state index in [2.05, 4.69) is 45.8 Å². The number of aliphatic imine (C=N–C) groups is 1. The van der Waals surface area contributed by atoms with Crippen molar-refractivity contribution in [2.75, 3.05) is 33.3 Å². The first-order valence-electron chi connectivity index (χ1n) is 8.97. The molecule has 0 amide bonds. The van der Waals surface area contributed by atoms with Gasteiger partial charge in [0.25, 0.3) is 0 Å². The summed E-state index contributed by atoms with van der Waals surface area (Å²) in [6.45, 7) is 9.27. The van der Waals surface area contributed by atoms with Crippen LogP contribution in [0.3, 0.4) is 0 Å². The zero-order valence-corrected chi connectivity index (χ0v) is 15.9. The molecule has 2 aliphatic heterocycles. The lowest BCUT2D eigenvalue weighted by Gasteiger charge is -2.33. The summed E-state index contributed by atoms with van der Waals surface area (Å²) in [7, 11) is 1.83. The fourth-order valence-electron chi connectivity index (χ4n) is 3.49. The van der Waals surface area contributed by atoms with E-state index in [1.807, 2.05) is 18.4 Å². The molecule has 0 bridgehead atoms. The van der Waals surface area contributed by atoms with Crippen molar-refractivity contribution in [2.45, 2.75) is 51.3 Å². The number of fused-ring (bicyclic) bond motifs is 1. The summed E-state index contributed by atoms with van der Waals surface area (Å²) in [6.07, 6.45) is 3.45. The van der Waals surface area contributed by atoms with Crippen LogP contribution in [0.5, 0.6) is 0 Å². The number of thiophene rings is 1. The molecule has 2 N–H and O–H groups in total. The first-order valence-corrected chi connectivity index (χ1v) is 9.85. The number of guanidine groups is 1. The lowest BCUT2D eigenvalue weighted by molar-refractivity contribution is 0.0242. The van der Waals surface area contributed by atoms with Gasteiger partial charge in [0, 0.05) is 50.8 Å². The molecule has 5 nitrogen and oxygen atoms in total. The Kier molecular flexibility index (Phi) is 5.79. The maximum Gasteiger partial charge on any atom is 0.191 e. The summed E-state index contributed by atoms with van der Waals surface area (Å²) in [5.41, 5.74) is 1.46. The van der Waals surface area contributed by atoms with Crippen LogP contribution in [0.1, 0.15) is 37.1 Å². The van der Waals surface area contributed by atoms with E-state index in [9.17, 15) is 0 Å². The van der Waals surface area contributed by atoms with E-state index in [1.54, 1.807) is 4.88 Å². The largest absolute Gasteiger partial charge is 0.373 e. The molecule has 3 heterocycles. The summed E-state index contributed by atoms with van der Waals surface area (Å²) in [5.74, 6) is 0.867.